The summed E-state index contributed by atoms with van der Waals surface area (Å²) in [5.74, 6) is 1.66. The van der Waals surface area contributed by atoms with Gasteiger partial charge in [0.05, 0.1) is 0 Å². The molecule has 1 aliphatic heterocycles. The van der Waals surface area contributed by atoms with Crippen LogP contribution in [-0.4, -0.2) is 55.6 Å². The van der Waals surface area contributed by atoms with Crippen molar-refractivity contribution in [3.63, 3.8) is 0 Å². The van der Waals surface area contributed by atoms with Gasteiger partial charge in [-0.3, -0.25) is 0 Å². The predicted molar refractivity (Wildman–Crippen MR) is 86.9 cm³/mol. The summed E-state index contributed by atoms with van der Waals surface area (Å²) in [7, 11) is 4.57. The lowest BCUT2D eigenvalue weighted by Crippen LogP contribution is -2.49. The van der Waals surface area contributed by atoms with Crippen LogP contribution in [-0.2, 0) is 0 Å². The second-order valence-corrected chi connectivity index (χ2v) is 7.39. The summed E-state index contributed by atoms with van der Waals surface area (Å²) in [6, 6.07) is 1.18. The number of piperidine rings is 1. The Morgan fingerprint density at radius 2 is 2.05 bits per heavy atom. The molecule has 0 bridgehead atoms. The van der Waals surface area contributed by atoms with Crippen molar-refractivity contribution in [3.8, 4) is 0 Å². The maximum atomic E-state index is 6.41. The van der Waals surface area contributed by atoms with Crippen LogP contribution in [0.15, 0.2) is 0 Å². The number of rotatable bonds is 5. The first kappa shape index (κ1) is 16.3. The zero-order valence-corrected chi connectivity index (χ0v) is 13.9. The van der Waals surface area contributed by atoms with E-state index in [0.29, 0.717) is 6.04 Å². The standard InChI is InChI=1S/C17H35N3/c1-4-6-14-8-9-17(18)15(11-14)12-20(3)16-7-5-10-19(2)13-16/h14-17H,4-13,18H2,1-3H3. The number of hydrogen-bond acceptors (Lipinski definition) is 3. The molecule has 3 heteroatoms. The van der Waals surface area contributed by atoms with Crippen LogP contribution in [0.25, 0.3) is 0 Å². The van der Waals surface area contributed by atoms with E-state index in [4.69, 9.17) is 5.73 Å². The Hall–Kier alpha value is -0.120. The second-order valence-electron chi connectivity index (χ2n) is 7.39. The number of hydrogen-bond donors (Lipinski definition) is 1. The van der Waals surface area contributed by atoms with Crippen molar-refractivity contribution >= 4 is 0 Å². The maximum Gasteiger partial charge on any atom is 0.0220 e. The molecule has 2 aliphatic rings. The fourth-order valence-corrected chi connectivity index (χ4v) is 4.28. The van der Waals surface area contributed by atoms with Crippen LogP contribution in [0.3, 0.4) is 0 Å². The zero-order chi connectivity index (χ0) is 14.5. The molecule has 1 saturated carbocycles. The van der Waals surface area contributed by atoms with Crippen LogP contribution in [0.2, 0.25) is 0 Å². The van der Waals surface area contributed by atoms with Crippen molar-refractivity contribution in [1.29, 1.82) is 0 Å². The van der Waals surface area contributed by atoms with Crippen LogP contribution >= 0.6 is 0 Å². The van der Waals surface area contributed by atoms with E-state index in [1.807, 2.05) is 0 Å². The molecule has 4 unspecified atom stereocenters. The van der Waals surface area contributed by atoms with Gasteiger partial charge in [0.25, 0.3) is 0 Å². The van der Waals surface area contributed by atoms with Gasteiger partial charge in [-0.25, -0.2) is 0 Å². The van der Waals surface area contributed by atoms with Crippen LogP contribution in [0.5, 0.6) is 0 Å². The molecule has 2 rings (SSSR count). The quantitative estimate of drug-likeness (QED) is 0.840. The van der Waals surface area contributed by atoms with Gasteiger partial charge in [0.2, 0.25) is 0 Å². The number of nitrogens with two attached hydrogens (primary N) is 1. The molecule has 20 heavy (non-hydrogen) atoms. The highest BCUT2D eigenvalue weighted by Gasteiger charge is 2.30. The summed E-state index contributed by atoms with van der Waals surface area (Å²) in [6.45, 7) is 6.02. The van der Waals surface area contributed by atoms with Gasteiger partial charge in [-0.05, 0) is 64.6 Å². The van der Waals surface area contributed by atoms with Gasteiger partial charge in [-0.2, -0.15) is 0 Å². The molecular formula is C17H35N3. The summed E-state index contributed by atoms with van der Waals surface area (Å²) in [5, 5.41) is 0. The topological polar surface area (TPSA) is 32.5 Å². The minimum absolute atomic E-state index is 0.437. The summed E-state index contributed by atoms with van der Waals surface area (Å²) >= 11 is 0. The van der Waals surface area contributed by atoms with E-state index in [1.165, 1.54) is 64.6 Å². The van der Waals surface area contributed by atoms with E-state index in [9.17, 15) is 0 Å². The lowest BCUT2D eigenvalue weighted by Gasteiger charge is -2.41. The molecule has 1 aliphatic carbocycles. The smallest absolute Gasteiger partial charge is 0.0220 e. The molecule has 0 aromatic heterocycles. The van der Waals surface area contributed by atoms with Crippen molar-refractivity contribution < 1.29 is 0 Å². The first-order valence-electron chi connectivity index (χ1n) is 8.74. The highest BCUT2D eigenvalue weighted by molar-refractivity contribution is 4.86. The van der Waals surface area contributed by atoms with E-state index < -0.39 is 0 Å². The fourth-order valence-electron chi connectivity index (χ4n) is 4.28. The third-order valence-electron chi connectivity index (χ3n) is 5.59. The SMILES string of the molecule is CCCC1CCC(N)C(CN(C)C2CCCN(C)C2)C1. The summed E-state index contributed by atoms with van der Waals surface area (Å²) in [6.07, 6.45) is 9.41. The number of likely N-dealkylation sites (N-methyl/N-ethyl adjacent to an activating group) is 2. The molecule has 0 amide bonds. The highest BCUT2D eigenvalue weighted by atomic mass is 15.2. The Morgan fingerprint density at radius 1 is 1.25 bits per heavy atom. The van der Waals surface area contributed by atoms with E-state index in [-0.39, 0.29) is 0 Å². The molecule has 2 N–H and O–H groups in total. The van der Waals surface area contributed by atoms with Gasteiger partial charge in [0, 0.05) is 25.2 Å². The lowest BCUT2D eigenvalue weighted by atomic mass is 9.76. The van der Waals surface area contributed by atoms with Gasteiger partial charge < -0.3 is 15.5 Å². The molecule has 0 spiro atoms. The van der Waals surface area contributed by atoms with Crippen molar-refractivity contribution in [2.75, 3.05) is 33.7 Å². The monoisotopic (exact) mass is 281 g/mol. The van der Waals surface area contributed by atoms with Crippen LogP contribution < -0.4 is 5.73 Å². The predicted octanol–water partition coefficient (Wildman–Crippen LogP) is 2.56. The highest BCUT2D eigenvalue weighted by Crippen LogP contribution is 2.32. The average molecular weight is 281 g/mol. The van der Waals surface area contributed by atoms with Gasteiger partial charge in [-0.15, -0.1) is 0 Å². The normalized spacial score (nSPS) is 36.5. The largest absolute Gasteiger partial charge is 0.327 e. The third kappa shape index (κ3) is 4.44. The molecule has 0 radical (unpaired) electrons. The van der Waals surface area contributed by atoms with E-state index >= 15 is 0 Å². The van der Waals surface area contributed by atoms with Crippen LogP contribution in [0, 0.1) is 11.8 Å². The molecule has 4 atom stereocenters. The maximum absolute atomic E-state index is 6.41. The second kappa shape index (κ2) is 7.77. The van der Waals surface area contributed by atoms with E-state index in [2.05, 4.69) is 30.8 Å². The molecule has 1 heterocycles. The Bertz CT molecular complexity index is 281. The van der Waals surface area contributed by atoms with Crippen molar-refractivity contribution in [2.24, 2.45) is 17.6 Å². The van der Waals surface area contributed by atoms with E-state index in [0.717, 1.165) is 17.9 Å². The molecule has 0 aromatic rings. The molecule has 118 valence electrons. The summed E-state index contributed by atoms with van der Waals surface area (Å²) in [4.78, 5) is 5.08. The van der Waals surface area contributed by atoms with Gasteiger partial charge in [-0.1, -0.05) is 19.8 Å². The van der Waals surface area contributed by atoms with Crippen LogP contribution in [0.4, 0.5) is 0 Å². The Kier molecular flexibility index (Phi) is 6.31. The molecule has 0 aromatic carbocycles. The van der Waals surface area contributed by atoms with Gasteiger partial charge in [0.15, 0.2) is 0 Å². The fraction of sp³-hybridized carbons (Fsp3) is 1.00. The van der Waals surface area contributed by atoms with E-state index in [1.54, 1.807) is 0 Å². The molecule has 2 fully saturated rings. The Labute approximate surface area is 125 Å². The number of likely N-dealkylation sites (tertiary alicyclic amines) is 1. The number of nitrogens with zero attached hydrogens (tertiary/aromatic N) is 2. The summed E-state index contributed by atoms with van der Waals surface area (Å²) < 4.78 is 0. The molecule has 1 saturated heterocycles. The first-order valence-corrected chi connectivity index (χ1v) is 8.74. The third-order valence-corrected chi connectivity index (χ3v) is 5.59. The Morgan fingerprint density at radius 3 is 2.75 bits per heavy atom. The van der Waals surface area contributed by atoms with Gasteiger partial charge in [0.1, 0.15) is 0 Å². The van der Waals surface area contributed by atoms with Crippen molar-refractivity contribution in [3.05, 3.63) is 0 Å². The van der Waals surface area contributed by atoms with Crippen molar-refractivity contribution in [2.45, 2.75) is 64.0 Å². The minimum atomic E-state index is 0.437. The Balaban J connectivity index is 1.83. The van der Waals surface area contributed by atoms with Gasteiger partial charge >= 0.3 is 0 Å². The summed E-state index contributed by atoms with van der Waals surface area (Å²) in [5.41, 5.74) is 6.41. The molecular weight excluding hydrogens is 246 g/mol. The zero-order valence-electron chi connectivity index (χ0n) is 13.9. The average Bonchev–Trinajstić information content (AvgIpc) is 2.43. The first-order chi connectivity index (χ1) is 9.60. The lowest BCUT2D eigenvalue weighted by molar-refractivity contribution is 0.0963. The molecule has 3 nitrogen and oxygen atoms in total. The minimum Gasteiger partial charge on any atom is -0.327 e. The van der Waals surface area contributed by atoms with Crippen LogP contribution in [0.1, 0.15) is 51.9 Å². The van der Waals surface area contributed by atoms with Crippen molar-refractivity contribution in [1.82, 2.24) is 9.80 Å².